The Hall–Kier alpha value is -1.12. The van der Waals surface area contributed by atoms with E-state index in [1.165, 1.54) is 0 Å². The predicted octanol–water partition coefficient (Wildman–Crippen LogP) is -0.453. The summed E-state index contributed by atoms with van der Waals surface area (Å²) in [7, 11) is 0. The highest BCUT2D eigenvalue weighted by Crippen LogP contribution is 1.72. The molecule has 0 saturated heterocycles. The van der Waals surface area contributed by atoms with Crippen LogP contribution in [0.15, 0.2) is 22.4 Å². The third kappa shape index (κ3) is 4.88. The van der Waals surface area contributed by atoms with Crippen LogP contribution in [-0.2, 0) is 0 Å². The first-order valence-electron chi connectivity index (χ1n) is 1.61. The minimum atomic E-state index is -0.507. The minimum absolute atomic E-state index is 0.507. The van der Waals surface area contributed by atoms with Gasteiger partial charge in [-0.15, -0.1) is 0 Å². The molecule has 0 aliphatic carbocycles. The lowest BCUT2D eigenvalue weighted by molar-refractivity contribution is -0.302. The number of hydrogen-bond donors (Lipinski definition) is 0. The molecule has 0 aromatic carbocycles. The van der Waals surface area contributed by atoms with Crippen molar-refractivity contribution >= 4 is 13.1 Å². The first kappa shape index (κ1) is 5.88. The van der Waals surface area contributed by atoms with Crippen LogP contribution in [0.5, 0.6) is 0 Å². The Labute approximate surface area is 41.7 Å². The Balaban J connectivity index is 3.46. The van der Waals surface area contributed by atoms with Gasteiger partial charge in [-0.1, -0.05) is 6.58 Å². The summed E-state index contributed by atoms with van der Waals surface area (Å²) in [4.78, 5) is 6.31. The van der Waals surface area contributed by atoms with Gasteiger partial charge in [0.05, 0.1) is 0 Å². The van der Waals surface area contributed by atoms with E-state index in [1.54, 1.807) is 0 Å². The van der Waals surface area contributed by atoms with Crippen LogP contribution in [0.25, 0.3) is 0 Å². The fourth-order valence-corrected chi connectivity index (χ4v) is 0.105. The highest BCUT2D eigenvalue weighted by molar-refractivity contribution is 5.62. The Morgan fingerprint density at radius 1 is 1.71 bits per heavy atom. The van der Waals surface area contributed by atoms with Crippen LogP contribution in [0.3, 0.4) is 0 Å². The fourth-order valence-electron chi connectivity index (χ4n) is 0.105. The fraction of sp³-hybridized carbons (Fsp3) is 0. The largest absolute Gasteiger partial charge is 0.859 e. The lowest BCUT2D eigenvalue weighted by atomic mass is 10.9. The smallest absolute Gasteiger partial charge is 0.113 e. The van der Waals surface area contributed by atoms with Crippen molar-refractivity contribution in [1.29, 1.82) is 0 Å². The van der Waals surface area contributed by atoms with Crippen LogP contribution in [0.4, 0.5) is 0 Å². The van der Waals surface area contributed by atoms with E-state index in [0.29, 0.717) is 0 Å². The van der Waals surface area contributed by atoms with Gasteiger partial charge in [-0.25, -0.2) is 0 Å². The summed E-state index contributed by atoms with van der Waals surface area (Å²) < 4.78 is 0. The normalized spacial score (nSPS) is 9.14. The topological polar surface area (TPSA) is 47.8 Å². The van der Waals surface area contributed by atoms with Crippen molar-refractivity contribution in [1.82, 2.24) is 0 Å². The van der Waals surface area contributed by atoms with Gasteiger partial charge in [-0.2, -0.15) is 0 Å². The number of aliphatic imine (C=N–C) groups is 2. The molecule has 0 aromatic heterocycles. The van der Waals surface area contributed by atoms with Crippen LogP contribution in [0, 0.1) is 0 Å². The highest BCUT2D eigenvalue weighted by Gasteiger charge is 1.56. The van der Waals surface area contributed by atoms with Gasteiger partial charge in [0.1, 0.15) is 6.34 Å². The van der Waals surface area contributed by atoms with Gasteiger partial charge >= 0.3 is 0 Å². The van der Waals surface area contributed by atoms with Gasteiger partial charge < -0.3 is 5.11 Å². The van der Waals surface area contributed by atoms with Crippen molar-refractivity contribution in [3.63, 3.8) is 0 Å². The molecule has 0 unspecified atom stereocenters. The zero-order chi connectivity index (χ0) is 5.70. The van der Waals surface area contributed by atoms with Gasteiger partial charge in [0.2, 0.25) is 0 Å². The van der Waals surface area contributed by atoms with E-state index in [0.717, 1.165) is 6.34 Å². The summed E-state index contributed by atoms with van der Waals surface area (Å²) in [5, 5.41) is 9.81. The summed E-state index contributed by atoms with van der Waals surface area (Å²) >= 11 is 0. The molecule has 0 aliphatic rings. The second-order valence-electron chi connectivity index (χ2n) is 0.821. The summed E-state index contributed by atoms with van der Waals surface area (Å²) in [6.45, 7) is 6.00. The van der Waals surface area contributed by atoms with E-state index in [4.69, 9.17) is 0 Å². The SMILES string of the molecule is C=NC=NC(=C)[O-]. The van der Waals surface area contributed by atoms with E-state index in [2.05, 4.69) is 23.3 Å². The summed E-state index contributed by atoms with van der Waals surface area (Å²) in [6.07, 6.45) is 1.05. The zero-order valence-corrected chi connectivity index (χ0v) is 3.79. The van der Waals surface area contributed by atoms with Crippen LogP contribution >= 0.6 is 0 Å². The minimum Gasteiger partial charge on any atom is -0.859 e. The molecule has 0 aromatic rings. The molecule has 3 heteroatoms. The molecule has 0 bridgehead atoms. The maximum Gasteiger partial charge on any atom is 0.113 e. The number of nitrogens with zero attached hydrogens (tertiary/aromatic N) is 2. The molecule has 0 spiro atoms. The van der Waals surface area contributed by atoms with Crippen molar-refractivity contribution in [3.8, 4) is 0 Å². The molecule has 0 saturated carbocycles. The van der Waals surface area contributed by atoms with Crippen LogP contribution in [-0.4, -0.2) is 13.1 Å². The van der Waals surface area contributed by atoms with E-state index >= 15 is 0 Å². The molecule has 3 nitrogen and oxygen atoms in total. The molecular weight excluding hydrogens is 92.1 g/mol. The molecular formula is C4H5N2O-. The molecule has 0 fully saturated rings. The average Bonchev–Trinajstić information content (AvgIpc) is 1.61. The first-order chi connectivity index (χ1) is 3.27. The van der Waals surface area contributed by atoms with Gasteiger partial charge in [-0.05, 0) is 12.6 Å². The maximum atomic E-state index is 9.81. The first-order valence-corrected chi connectivity index (χ1v) is 1.61. The standard InChI is InChI=1S/C4H6N2O/c1-4(7)6-3-5-2/h3,7H,1-2H2/p-1. The quantitative estimate of drug-likeness (QED) is 0.261. The van der Waals surface area contributed by atoms with Crippen LogP contribution < -0.4 is 5.11 Å². The lowest BCUT2D eigenvalue weighted by Crippen LogP contribution is -1.96. The van der Waals surface area contributed by atoms with Crippen molar-refractivity contribution < 1.29 is 5.11 Å². The van der Waals surface area contributed by atoms with Gasteiger partial charge in [0.15, 0.2) is 0 Å². The third-order valence-electron chi connectivity index (χ3n) is 0.283. The Bertz CT molecular complexity index is 106. The summed E-state index contributed by atoms with van der Waals surface area (Å²) in [5.41, 5.74) is 0. The average molecular weight is 97.1 g/mol. The Kier molecular flexibility index (Phi) is 2.59. The molecule has 0 amide bonds. The monoisotopic (exact) mass is 97.0 g/mol. The second kappa shape index (κ2) is 3.08. The number of hydrogen-bond acceptors (Lipinski definition) is 2. The van der Waals surface area contributed by atoms with Gasteiger partial charge in [0, 0.05) is 0 Å². The maximum absolute atomic E-state index is 9.81. The third-order valence-corrected chi connectivity index (χ3v) is 0.283. The van der Waals surface area contributed by atoms with Crippen molar-refractivity contribution in [2.24, 2.45) is 9.98 Å². The molecule has 0 N–H and O–H groups in total. The molecule has 7 heavy (non-hydrogen) atoms. The Morgan fingerprint density at radius 3 is 2.43 bits per heavy atom. The van der Waals surface area contributed by atoms with Crippen LogP contribution in [0.1, 0.15) is 0 Å². The van der Waals surface area contributed by atoms with E-state index in [1.807, 2.05) is 0 Å². The molecule has 0 aliphatic heterocycles. The highest BCUT2D eigenvalue weighted by atomic mass is 16.3. The molecule has 0 rings (SSSR count). The van der Waals surface area contributed by atoms with Gasteiger partial charge in [-0.3, -0.25) is 9.98 Å². The van der Waals surface area contributed by atoms with E-state index in [-0.39, 0.29) is 0 Å². The van der Waals surface area contributed by atoms with Gasteiger partial charge in [0.25, 0.3) is 0 Å². The summed E-state index contributed by atoms with van der Waals surface area (Å²) in [5.74, 6) is -0.507. The predicted molar refractivity (Wildman–Crippen MR) is 27.2 cm³/mol. The summed E-state index contributed by atoms with van der Waals surface area (Å²) in [6, 6.07) is 0. The van der Waals surface area contributed by atoms with E-state index < -0.39 is 5.88 Å². The number of rotatable bonds is 2. The van der Waals surface area contributed by atoms with Crippen molar-refractivity contribution in [3.05, 3.63) is 12.5 Å². The Morgan fingerprint density at radius 2 is 2.29 bits per heavy atom. The second-order valence-corrected chi connectivity index (χ2v) is 0.821. The molecule has 0 radical (unpaired) electrons. The molecule has 0 heterocycles. The molecule has 38 valence electrons. The van der Waals surface area contributed by atoms with Crippen molar-refractivity contribution in [2.45, 2.75) is 0 Å². The van der Waals surface area contributed by atoms with Crippen LogP contribution in [0.2, 0.25) is 0 Å². The van der Waals surface area contributed by atoms with E-state index in [9.17, 15) is 5.11 Å². The van der Waals surface area contributed by atoms with Crippen molar-refractivity contribution in [2.75, 3.05) is 0 Å². The lowest BCUT2D eigenvalue weighted by Gasteiger charge is -1.95. The zero-order valence-electron chi connectivity index (χ0n) is 3.79. The molecule has 0 atom stereocenters.